The Balaban J connectivity index is 2.44. The SMILES string of the molecule is CCC(N)C(c1ccc(Cl)cc1)n1cc(Cl)c(C)n1. The van der Waals surface area contributed by atoms with Crippen LogP contribution in [0.15, 0.2) is 30.5 Å². The predicted molar refractivity (Wildman–Crippen MR) is 79.8 cm³/mol. The summed E-state index contributed by atoms with van der Waals surface area (Å²) in [6.07, 6.45) is 2.68. The molecule has 2 unspecified atom stereocenters. The van der Waals surface area contributed by atoms with Gasteiger partial charge in [-0.1, -0.05) is 42.3 Å². The lowest BCUT2D eigenvalue weighted by Gasteiger charge is -2.24. The molecule has 102 valence electrons. The molecule has 0 fully saturated rings. The third kappa shape index (κ3) is 3.11. The highest BCUT2D eigenvalue weighted by Gasteiger charge is 2.22. The van der Waals surface area contributed by atoms with Crippen LogP contribution in [0.25, 0.3) is 0 Å². The fraction of sp³-hybridized carbons (Fsp3) is 0.357. The van der Waals surface area contributed by atoms with Crippen molar-refractivity contribution in [3.63, 3.8) is 0 Å². The van der Waals surface area contributed by atoms with Crippen molar-refractivity contribution in [2.75, 3.05) is 0 Å². The minimum absolute atomic E-state index is 0.0310. The number of rotatable bonds is 4. The third-order valence-corrected chi connectivity index (χ3v) is 3.85. The van der Waals surface area contributed by atoms with Crippen LogP contribution in [0.5, 0.6) is 0 Å². The van der Waals surface area contributed by atoms with Gasteiger partial charge in [0.15, 0.2) is 0 Å². The molecule has 3 nitrogen and oxygen atoms in total. The summed E-state index contributed by atoms with van der Waals surface area (Å²) in [7, 11) is 0. The van der Waals surface area contributed by atoms with Gasteiger partial charge in [-0.25, -0.2) is 0 Å². The second-order valence-corrected chi connectivity index (χ2v) is 5.45. The summed E-state index contributed by atoms with van der Waals surface area (Å²) in [6.45, 7) is 3.95. The molecule has 2 aromatic rings. The highest BCUT2D eigenvalue weighted by molar-refractivity contribution is 6.31. The first-order valence-corrected chi connectivity index (χ1v) is 7.00. The third-order valence-electron chi connectivity index (χ3n) is 3.23. The number of nitrogens with two attached hydrogens (primary N) is 1. The van der Waals surface area contributed by atoms with Gasteiger partial charge in [-0.15, -0.1) is 0 Å². The lowest BCUT2D eigenvalue weighted by Crippen LogP contribution is -2.32. The summed E-state index contributed by atoms with van der Waals surface area (Å²) >= 11 is 12.0. The Bertz CT molecular complexity index is 529. The molecule has 1 aromatic carbocycles. The van der Waals surface area contributed by atoms with Gasteiger partial charge in [0.25, 0.3) is 0 Å². The summed E-state index contributed by atoms with van der Waals surface area (Å²) in [5, 5.41) is 5.82. The Labute approximate surface area is 123 Å². The number of hydrogen-bond donors (Lipinski definition) is 1. The highest BCUT2D eigenvalue weighted by Crippen LogP contribution is 2.26. The molecule has 2 N–H and O–H groups in total. The van der Waals surface area contributed by atoms with Gasteiger partial charge in [0.2, 0.25) is 0 Å². The molecule has 2 rings (SSSR count). The number of benzene rings is 1. The van der Waals surface area contributed by atoms with E-state index in [4.69, 9.17) is 28.9 Å². The van der Waals surface area contributed by atoms with E-state index in [1.165, 1.54) is 0 Å². The van der Waals surface area contributed by atoms with Crippen molar-refractivity contribution in [1.82, 2.24) is 9.78 Å². The Hall–Kier alpha value is -1.03. The van der Waals surface area contributed by atoms with Crippen molar-refractivity contribution in [2.45, 2.75) is 32.4 Å². The van der Waals surface area contributed by atoms with Crippen molar-refractivity contribution in [3.05, 3.63) is 51.8 Å². The standard InChI is InChI=1S/C14H17Cl2N3/c1-3-13(17)14(10-4-6-11(15)7-5-10)19-8-12(16)9(2)18-19/h4-8,13-14H,3,17H2,1-2H3. The van der Waals surface area contributed by atoms with Crippen molar-refractivity contribution < 1.29 is 0 Å². The van der Waals surface area contributed by atoms with Crippen LogP contribution in [-0.4, -0.2) is 15.8 Å². The minimum atomic E-state index is -0.0338. The van der Waals surface area contributed by atoms with Crippen LogP contribution < -0.4 is 5.73 Å². The van der Waals surface area contributed by atoms with Crippen LogP contribution in [0.3, 0.4) is 0 Å². The molecule has 0 saturated carbocycles. The molecule has 0 radical (unpaired) electrons. The van der Waals surface area contributed by atoms with Crippen LogP contribution in [0, 0.1) is 6.92 Å². The molecule has 0 amide bonds. The van der Waals surface area contributed by atoms with Crippen molar-refractivity contribution >= 4 is 23.2 Å². The van der Waals surface area contributed by atoms with E-state index in [1.54, 1.807) is 0 Å². The van der Waals surface area contributed by atoms with Gasteiger partial charge in [0.1, 0.15) is 0 Å². The number of halogens is 2. The number of nitrogens with zero attached hydrogens (tertiary/aromatic N) is 2. The van der Waals surface area contributed by atoms with Gasteiger partial charge < -0.3 is 5.73 Å². The zero-order valence-corrected chi connectivity index (χ0v) is 12.5. The molecule has 19 heavy (non-hydrogen) atoms. The van der Waals surface area contributed by atoms with E-state index in [9.17, 15) is 0 Å². The van der Waals surface area contributed by atoms with E-state index >= 15 is 0 Å². The molecule has 5 heteroatoms. The van der Waals surface area contributed by atoms with E-state index < -0.39 is 0 Å². The van der Waals surface area contributed by atoms with Crippen LogP contribution >= 0.6 is 23.2 Å². The van der Waals surface area contributed by atoms with Gasteiger partial charge in [-0.3, -0.25) is 4.68 Å². The molecule has 0 bridgehead atoms. The quantitative estimate of drug-likeness (QED) is 0.932. The number of aromatic nitrogens is 2. The zero-order valence-electron chi connectivity index (χ0n) is 11.0. The molecular weight excluding hydrogens is 281 g/mol. The van der Waals surface area contributed by atoms with Gasteiger partial charge in [-0.05, 0) is 31.0 Å². The highest BCUT2D eigenvalue weighted by atomic mass is 35.5. The fourth-order valence-electron chi connectivity index (χ4n) is 2.08. The van der Waals surface area contributed by atoms with Crippen molar-refractivity contribution in [2.24, 2.45) is 5.73 Å². The fourth-order valence-corrected chi connectivity index (χ4v) is 2.34. The Kier molecular flexibility index (Phi) is 4.50. The minimum Gasteiger partial charge on any atom is -0.326 e. The summed E-state index contributed by atoms with van der Waals surface area (Å²) in [5.41, 5.74) is 8.13. The zero-order chi connectivity index (χ0) is 14.0. The second kappa shape index (κ2) is 5.95. The Morgan fingerprint density at radius 2 is 1.89 bits per heavy atom. The summed E-state index contributed by atoms with van der Waals surface area (Å²) in [4.78, 5) is 0. The smallest absolute Gasteiger partial charge is 0.0919 e. The number of hydrogen-bond acceptors (Lipinski definition) is 2. The van der Waals surface area contributed by atoms with E-state index in [2.05, 4.69) is 12.0 Å². The van der Waals surface area contributed by atoms with E-state index in [-0.39, 0.29) is 12.1 Å². The van der Waals surface area contributed by atoms with Gasteiger partial charge in [-0.2, -0.15) is 5.10 Å². The maximum Gasteiger partial charge on any atom is 0.0919 e. The summed E-state index contributed by atoms with van der Waals surface area (Å²) in [6, 6.07) is 7.63. The molecule has 0 aliphatic heterocycles. The molecule has 1 heterocycles. The average molecular weight is 298 g/mol. The Morgan fingerprint density at radius 3 is 2.37 bits per heavy atom. The molecule has 0 aliphatic rings. The predicted octanol–water partition coefficient (Wildman–Crippen LogP) is 3.83. The average Bonchev–Trinajstić information content (AvgIpc) is 2.71. The first-order chi connectivity index (χ1) is 9.02. The lowest BCUT2D eigenvalue weighted by molar-refractivity contribution is 0.422. The van der Waals surface area contributed by atoms with E-state index in [0.29, 0.717) is 10.0 Å². The van der Waals surface area contributed by atoms with Gasteiger partial charge in [0, 0.05) is 17.3 Å². The normalized spacial score (nSPS) is 14.4. The van der Waals surface area contributed by atoms with Crippen molar-refractivity contribution in [3.8, 4) is 0 Å². The summed E-state index contributed by atoms with van der Waals surface area (Å²) < 4.78 is 1.84. The van der Waals surface area contributed by atoms with Gasteiger partial charge >= 0.3 is 0 Å². The van der Waals surface area contributed by atoms with Gasteiger partial charge in [0.05, 0.1) is 16.8 Å². The summed E-state index contributed by atoms with van der Waals surface area (Å²) in [5.74, 6) is 0. The van der Waals surface area contributed by atoms with Crippen molar-refractivity contribution in [1.29, 1.82) is 0 Å². The van der Waals surface area contributed by atoms with Crippen LogP contribution in [0.2, 0.25) is 10.0 Å². The molecule has 0 saturated heterocycles. The maximum atomic E-state index is 6.24. The maximum absolute atomic E-state index is 6.24. The monoisotopic (exact) mass is 297 g/mol. The molecule has 0 spiro atoms. The molecular formula is C14H17Cl2N3. The number of aryl methyl sites for hydroxylation is 1. The first-order valence-electron chi connectivity index (χ1n) is 6.25. The first kappa shape index (κ1) is 14.4. The van der Waals surface area contributed by atoms with Crippen LogP contribution in [0.1, 0.15) is 30.6 Å². The topological polar surface area (TPSA) is 43.8 Å². The second-order valence-electron chi connectivity index (χ2n) is 4.61. The largest absolute Gasteiger partial charge is 0.326 e. The lowest BCUT2D eigenvalue weighted by atomic mass is 9.98. The van der Waals surface area contributed by atoms with Crippen LogP contribution in [0.4, 0.5) is 0 Å². The molecule has 1 aromatic heterocycles. The van der Waals surface area contributed by atoms with E-state index in [0.717, 1.165) is 17.7 Å². The molecule has 2 atom stereocenters. The Morgan fingerprint density at radius 1 is 1.26 bits per heavy atom. The van der Waals surface area contributed by atoms with Crippen LogP contribution in [-0.2, 0) is 0 Å². The molecule has 0 aliphatic carbocycles. The van der Waals surface area contributed by atoms with E-state index in [1.807, 2.05) is 42.1 Å².